The van der Waals surface area contributed by atoms with Crippen molar-refractivity contribution in [3.63, 3.8) is 0 Å². The van der Waals surface area contributed by atoms with E-state index >= 15 is 0 Å². The van der Waals surface area contributed by atoms with Crippen molar-refractivity contribution >= 4 is 34.2 Å². The lowest BCUT2D eigenvalue weighted by molar-refractivity contribution is 0.627. The van der Waals surface area contributed by atoms with Crippen molar-refractivity contribution in [3.05, 3.63) is 70.8 Å². The number of benzene rings is 1. The van der Waals surface area contributed by atoms with E-state index in [9.17, 15) is 0 Å². The Morgan fingerprint density at radius 2 is 1.21 bits per heavy atom. The zero-order chi connectivity index (χ0) is 13.6. The molecule has 2 aliphatic carbocycles. The van der Waals surface area contributed by atoms with E-state index in [1.807, 2.05) is 12.1 Å². The van der Waals surface area contributed by atoms with Gasteiger partial charge in [-0.1, -0.05) is 86.9 Å². The van der Waals surface area contributed by atoms with Gasteiger partial charge in [0.05, 0.1) is 9.73 Å². The Morgan fingerprint density at radius 1 is 0.789 bits per heavy atom. The first-order valence-corrected chi connectivity index (χ1v) is 7.12. The van der Waals surface area contributed by atoms with Gasteiger partial charge in [-0.2, -0.15) is 0 Å². The molecule has 0 amide bonds. The molecule has 1 aromatic carbocycles. The molecule has 19 heavy (non-hydrogen) atoms. The molecule has 0 nitrogen and oxygen atoms in total. The monoisotopic (exact) mass is 282 g/mol. The first-order chi connectivity index (χ1) is 8.99. The predicted molar refractivity (Wildman–Crippen MR) is 88.9 cm³/mol. The van der Waals surface area contributed by atoms with Gasteiger partial charge in [0.2, 0.25) is 0 Å². The van der Waals surface area contributed by atoms with Gasteiger partial charge in [0.25, 0.3) is 0 Å². The van der Waals surface area contributed by atoms with E-state index in [-0.39, 0.29) is 5.41 Å². The zero-order valence-corrected chi connectivity index (χ0v) is 12.6. The van der Waals surface area contributed by atoms with Crippen LogP contribution in [0.2, 0.25) is 0 Å². The number of rotatable bonds is 0. The molecule has 0 bridgehead atoms. The minimum atomic E-state index is 0.0365. The molecule has 0 saturated carbocycles. The molecule has 0 aromatic heterocycles. The van der Waals surface area contributed by atoms with Gasteiger partial charge in [-0.3, -0.25) is 0 Å². The maximum Gasteiger partial charge on any atom is 0.0534 e. The highest BCUT2D eigenvalue weighted by Crippen LogP contribution is 2.33. The molecule has 0 aliphatic heterocycles. The van der Waals surface area contributed by atoms with Crippen molar-refractivity contribution in [2.24, 2.45) is 5.41 Å². The first kappa shape index (κ1) is 12.6. The second-order valence-corrected chi connectivity index (χ2v) is 6.34. The molecule has 0 fully saturated rings. The van der Waals surface area contributed by atoms with Crippen LogP contribution in [0.4, 0.5) is 0 Å². The average Bonchev–Trinajstić information content (AvgIpc) is 2.55. The Morgan fingerprint density at radius 3 is 1.63 bits per heavy atom. The summed E-state index contributed by atoms with van der Waals surface area (Å²) in [5, 5.41) is 0. The largest absolute Gasteiger partial charge is 0.0787 e. The quantitative estimate of drug-likeness (QED) is 0.639. The predicted octanol–water partition coefficient (Wildman–Crippen LogP) is 4.59. The topological polar surface area (TPSA) is 0 Å². The third-order valence-electron chi connectivity index (χ3n) is 3.55. The van der Waals surface area contributed by atoms with Crippen LogP contribution < -0.4 is 0 Å². The van der Waals surface area contributed by atoms with Crippen LogP contribution in [0.1, 0.15) is 25.0 Å². The molecule has 2 aliphatic rings. The maximum absolute atomic E-state index is 5.64. The Balaban J connectivity index is 2.23. The number of hydrogen-bond acceptors (Lipinski definition) is 2. The molecule has 1 aromatic rings. The summed E-state index contributed by atoms with van der Waals surface area (Å²) in [7, 11) is 0. The van der Waals surface area contributed by atoms with Crippen molar-refractivity contribution in [1.82, 2.24) is 0 Å². The Kier molecular flexibility index (Phi) is 2.88. The van der Waals surface area contributed by atoms with Crippen LogP contribution in [0.3, 0.4) is 0 Å². The maximum atomic E-state index is 5.64. The van der Waals surface area contributed by atoms with Crippen molar-refractivity contribution in [3.8, 4) is 0 Å². The van der Waals surface area contributed by atoms with Gasteiger partial charge in [-0.25, -0.2) is 0 Å². The third-order valence-corrected chi connectivity index (χ3v) is 4.43. The standard InChI is InChI=1S/C17H14S2/c1-17(2)9-7-13-14(8-10-17)16(19)12-6-4-3-5-11(12)15(13)18/h3-10H,1-2H3. The fraction of sp³-hybridized carbons (Fsp3) is 0.176. The minimum Gasteiger partial charge on any atom is -0.0787 e. The van der Waals surface area contributed by atoms with Gasteiger partial charge in [-0.15, -0.1) is 0 Å². The molecule has 94 valence electrons. The van der Waals surface area contributed by atoms with Gasteiger partial charge in [-0.05, 0) is 0 Å². The molecular weight excluding hydrogens is 268 g/mol. The minimum absolute atomic E-state index is 0.0365. The van der Waals surface area contributed by atoms with Crippen molar-refractivity contribution in [2.45, 2.75) is 13.8 Å². The number of hydrogen-bond donors (Lipinski definition) is 0. The fourth-order valence-corrected chi connectivity index (χ4v) is 3.11. The van der Waals surface area contributed by atoms with Crippen LogP contribution in [-0.2, 0) is 0 Å². The van der Waals surface area contributed by atoms with E-state index in [1.165, 1.54) is 0 Å². The van der Waals surface area contributed by atoms with Crippen molar-refractivity contribution < 1.29 is 0 Å². The smallest absolute Gasteiger partial charge is 0.0534 e. The van der Waals surface area contributed by atoms with Gasteiger partial charge < -0.3 is 0 Å². The van der Waals surface area contributed by atoms with Crippen molar-refractivity contribution in [1.29, 1.82) is 0 Å². The van der Waals surface area contributed by atoms with Crippen LogP contribution in [0.25, 0.3) is 0 Å². The number of thiocarbonyl (C=S) groups is 2. The average molecular weight is 282 g/mol. The summed E-state index contributed by atoms with van der Waals surface area (Å²) in [6.45, 7) is 4.36. The van der Waals surface area contributed by atoms with Crippen LogP contribution in [0.5, 0.6) is 0 Å². The molecule has 0 N–H and O–H groups in total. The van der Waals surface area contributed by atoms with E-state index in [4.69, 9.17) is 24.4 Å². The molecule has 0 heterocycles. The van der Waals surface area contributed by atoms with Crippen LogP contribution in [0.15, 0.2) is 59.7 Å². The van der Waals surface area contributed by atoms with Crippen LogP contribution >= 0.6 is 24.4 Å². The van der Waals surface area contributed by atoms with Gasteiger partial charge in [0, 0.05) is 27.7 Å². The van der Waals surface area contributed by atoms with E-state index in [0.29, 0.717) is 0 Å². The molecule has 3 rings (SSSR count). The summed E-state index contributed by atoms with van der Waals surface area (Å²) < 4.78 is 0. The molecular formula is C17H14S2. The second kappa shape index (κ2) is 4.32. The molecule has 0 unspecified atom stereocenters. The summed E-state index contributed by atoms with van der Waals surface area (Å²) in [6, 6.07) is 8.14. The van der Waals surface area contributed by atoms with E-state index < -0.39 is 0 Å². The van der Waals surface area contributed by atoms with Gasteiger partial charge in [0.1, 0.15) is 0 Å². The summed E-state index contributed by atoms with van der Waals surface area (Å²) in [5.74, 6) is 0. The molecule has 0 radical (unpaired) electrons. The second-order valence-electron chi connectivity index (χ2n) is 5.52. The fourth-order valence-electron chi connectivity index (χ4n) is 2.40. The van der Waals surface area contributed by atoms with E-state index in [0.717, 1.165) is 32.0 Å². The lowest BCUT2D eigenvalue weighted by Crippen LogP contribution is -2.18. The third kappa shape index (κ3) is 2.05. The van der Waals surface area contributed by atoms with Crippen LogP contribution in [0, 0.1) is 5.41 Å². The highest BCUT2D eigenvalue weighted by atomic mass is 32.1. The number of fused-ring (bicyclic) bond motifs is 1. The molecule has 0 spiro atoms. The van der Waals surface area contributed by atoms with Gasteiger partial charge >= 0.3 is 0 Å². The molecule has 0 saturated heterocycles. The lowest BCUT2D eigenvalue weighted by atomic mass is 9.85. The summed E-state index contributed by atoms with van der Waals surface area (Å²) in [4.78, 5) is 1.80. The molecule has 2 heteroatoms. The van der Waals surface area contributed by atoms with E-state index in [1.54, 1.807) is 0 Å². The summed E-state index contributed by atoms with van der Waals surface area (Å²) in [5.41, 5.74) is 4.37. The Hall–Kier alpha value is -1.38. The Labute approximate surface area is 124 Å². The van der Waals surface area contributed by atoms with E-state index in [2.05, 4.69) is 50.3 Å². The normalized spacial score (nSPS) is 20.1. The Bertz CT molecular complexity index is 628. The highest BCUT2D eigenvalue weighted by molar-refractivity contribution is 7.82. The highest BCUT2D eigenvalue weighted by Gasteiger charge is 2.26. The van der Waals surface area contributed by atoms with Gasteiger partial charge in [0.15, 0.2) is 0 Å². The van der Waals surface area contributed by atoms with Crippen LogP contribution in [-0.4, -0.2) is 9.73 Å². The SMILES string of the molecule is CC1(C)C=CC2=C(C=C1)C(=S)c1ccccc1C2=S. The van der Waals surface area contributed by atoms with Crippen molar-refractivity contribution in [2.75, 3.05) is 0 Å². The lowest BCUT2D eigenvalue weighted by Gasteiger charge is -2.21. The zero-order valence-electron chi connectivity index (χ0n) is 10.9. The number of allylic oxidation sites excluding steroid dienone is 6. The summed E-state index contributed by atoms with van der Waals surface area (Å²) >= 11 is 11.3. The first-order valence-electron chi connectivity index (χ1n) is 6.31. The summed E-state index contributed by atoms with van der Waals surface area (Å²) in [6.07, 6.45) is 8.63. The molecule has 0 atom stereocenters.